The maximum absolute atomic E-state index is 15.1. The van der Waals surface area contributed by atoms with Crippen molar-refractivity contribution in [1.82, 2.24) is 14.7 Å². The van der Waals surface area contributed by atoms with E-state index in [0.29, 0.717) is 45.1 Å². The van der Waals surface area contributed by atoms with Crippen LogP contribution in [0.3, 0.4) is 0 Å². The van der Waals surface area contributed by atoms with Crippen LogP contribution in [0, 0.1) is 39.6 Å². The molecule has 6 atom stereocenters. The summed E-state index contributed by atoms with van der Waals surface area (Å²) >= 11 is 9.92. The zero-order valence-electron chi connectivity index (χ0n) is 28.7. The number of fused-ring (bicyclic) bond motifs is 5. The molecule has 51 heavy (non-hydrogen) atoms. The maximum Gasteiger partial charge on any atom is 0.242 e. The van der Waals surface area contributed by atoms with Gasteiger partial charge in [-0.1, -0.05) is 30.2 Å². The number of aryl methyl sites for hydroxylation is 2. The molecule has 1 saturated carbocycles. The van der Waals surface area contributed by atoms with Crippen LogP contribution in [0.1, 0.15) is 50.2 Å². The summed E-state index contributed by atoms with van der Waals surface area (Å²) in [5.41, 5.74) is 1.98. The molecule has 2 aliphatic carbocycles. The highest BCUT2D eigenvalue weighted by Crippen LogP contribution is 2.64. The van der Waals surface area contributed by atoms with Crippen LogP contribution in [0.2, 0.25) is 5.02 Å². The molecule has 0 radical (unpaired) electrons. The fourth-order valence-electron chi connectivity index (χ4n) is 9.25. The van der Waals surface area contributed by atoms with Crippen LogP contribution in [0.15, 0.2) is 48.0 Å². The van der Waals surface area contributed by atoms with Crippen molar-refractivity contribution in [2.24, 2.45) is 36.1 Å². The van der Waals surface area contributed by atoms with Crippen molar-refractivity contribution < 1.29 is 29.0 Å². The summed E-state index contributed by atoms with van der Waals surface area (Å²) < 4.78 is 8.72. The minimum absolute atomic E-state index is 0.0166. The summed E-state index contributed by atoms with van der Waals surface area (Å²) in [6.07, 6.45) is 3.32. The zero-order valence-corrected chi connectivity index (χ0v) is 32.4. The van der Waals surface area contributed by atoms with Gasteiger partial charge in [-0.05, 0) is 108 Å². The molecule has 6 unspecified atom stereocenters. The van der Waals surface area contributed by atoms with Gasteiger partial charge in [-0.3, -0.25) is 28.8 Å². The molecule has 3 fully saturated rings. The third-order valence-corrected chi connectivity index (χ3v) is 14.0. The number of ether oxygens (including phenoxy) is 1. The number of aromatic nitrogens is 2. The molecule has 264 valence electrons. The van der Waals surface area contributed by atoms with E-state index in [1.54, 1.807) is 35.2 Å². The summed E-state index contributed by atoms with van der Waals surface area (Å²) in [4.78, 5) is 61.0. The quantitative estimate of drug-likeness (QED) is 0.124. The van der Waals surface area contributed by atoms with Crippen LogP contribution >= 0.6 is 45.5 Å². The van der Waals surface area contributed by atoms with E-state index in [2.05, 4.69) is 0 Å². The Morgan fingerprint density at radius 3 is 2.59 bits per heavy atom. The average Bonchev–Trinajstić information content (AvgIpc) is 3.77. The molecule has 2 aromatic heterocycles. The van der Waals surface area contributed by atoms with Gasteiger partial charge in [0.2, 0.25) is 23.6 Å². The van der Waals surface area contributed by atoms with E-state index in [9.17, 15) is 19.5 Å². The summed E-state index contributed by atoms with van der Waals surface area (Å²) in [6, 6.07) is 11.1. The molecule has 2 aliphatic heterocycles. The first-order valence-corrected chi connectivity index (χ1v) is 19.3. The summed E-state index contributed by atoms with van der Waals surface area (Å²) in [5.74, 6) is -3.44. The van der Waals surface area contributed by atoms with Crippen LogP contribution in [0.25, 0.3) is 20.7 Å². The molecule has 0 spiro atoms. The molecule has 13 heteroatoms. The molecule has 8 rings (SSSR count). The SMILES string of the molecule is CCCN1C(=O)C2CC=C3C(CC4C(=O)N(c5cc(-c6sc7ccc(Cl)cc7c6C)nn5C)C(=O)C4(C)C3c3cc(I)c(O)c(OC)c3)C2C1=O. The molecule has 4 amide bonds. The first-order valence-electron chi connectivity index (χ1n) is 17.0. The topological polar surface area (TPSA) is 122 Å². The minimum Gasteiger partial charge on any atom is -0.504 e. The molecule has 2 aromatic carbocycles. The van der Waals surface area contributed by atoms with Crippen LogP contribution in [0.4, 0.5) is 5.82 Å². The second-order valence-corrected chi connectivity index (χ2v) is 16.9. The van der Waals surface area contributed by atoms with E-state index in [4.69, 9.17) is 21.4 Å². The Labute approximate surface area is 317 Å². The van der Waals surface area contributed by atoms with E-state index >= 15 is 4.79 Å². The van der Waals surface area contributed by atoms with Crippen molar-refractivity contribution in [3.63, 3.8) is 0 Å². The molecule has 2 saturated heterocycles. The molecule has 4 heterocycles. The Balaban J connectivity index is 1.27. The third kappa shape index (κ3) is 4.81. The Kier molecular flexibility index (Phi) is 8.19. The van der Waals surface area contributed by atoms with Crippen LogP contribution < -0.4 is 9.64 Å². The van der Waals surface area contributed by atoms with E-state index in [1.807, 2.05) is 73.7 Å². The van der Waals surface area contributed by atoms with E-state index < -0.39 is 35.0 Å². The van der Waals surface area contributed by atoms with Crippen molar-refractivity contribution in [1.29, 1.82) is 0 Å². The number of amides is 4. The number of carbonyl (C=O) groups is 4. The predicted octanol–water partition coefficient (Wildman–Crippen LogP) is 7.22. The number of hydrogen-bond acceptors (Lipinski definition) is 8. The highest BCUT2D eigenvalue weighted by molar-refractivity contribution is 14.1. The van der Waals surface area contributed by atoms with Crippen molar-refractivity contribution in [3.05, 3.63) is 67.8 Å². The fourth-order valence-corrected chi connectivity index (χ4v) is 11.2. The molecule has 4 aliphatic rings. The lowest BCUT2D eigenvalue weighted by Crippen LogP contribution is -2.49. The highest BCUT2D eigenvalue weighted by atomic mass is 127. The Morgan fingerprint density at radius 2 is 1.86 bits per heavy atom. The summed E-state index contributed by atoms with van der Waals surface area (Å²) in [7, 11) is 3.20. The van der Waals surface area contributed by atoms with E-state index in [1.165, 1.54) is 16.9 Å². The first kappa shape index (κ1) is 34.3. The van der Waals surface area contributed by atoms with Crippen LogP contribution in [0.5, 0.6) is 11.5 Å². The van der Waals surface area contributed by atoms with Crippen molar-refractivity contribution in [2.45, 2.75) is 46.0 Å². The van der Waals surface area contributed by atoms with Crippen molar-refractivity contribution in [2.75, 3.05) is 18.6 Å². The Hall–Kier alpha value is -3.75. The number of phenolic OH excluding ortho intramolecular Hbond substituents is 1. The molecule has 10 nitrogen and oxygen atoms in total. The Bertz CT molecular complexity index is 2250. The number of carbonyl (C=O) groups excluding carboxylic acids is 4. The number of anilines is 1. The van der Waals surface area contributed by atoms with Crippen molar-refractivity contribution in [3.8, 4) is 22.1 Å². The molecule has 1 N–H and O–H groups in total. The summed E-state index contributed by atoms with van der Waals surface area (Å²) in [6.45, 7) is 6.15. The lowest BCUT2D eigenvalue weighted by Gasteiger charge is -2.49. The van der Waals surface area contributed by atoms with Gasteiger partial charge in [0.1, 0.15) is 11.5 Å². The third-order valence-electron chi connectivity index (χ3n) is 11.6. The second-order valence-electron chi connectivity index (χ2n) is 14.3. The fraction of sp³-hybridized carbons (Fsp3) is 0.395. The summed E-state index contributed by atoms with van der Waals surface area (Å²) in [5, 5.41) is 17.2. The van der Waals surface area contributed by atoms with Gasteiger partial charge in [0.25, 0.3) is 0 Å². The molecular weight excluding hydrogens is 803 g/mol. The highest BCUT2D eigenvalue weighted by Gasteiger charge is 2.68. The van der Waals surface area contributed by atoms with Gasteiger partial charge in [0.15, 0.2) is 11.5 Å². The second kappa shape index (κ2) is 12.2. The number of allylic oxidation sites excluding steroid dienone is 2. The van der Waals surface area contributed by atoms with Crippen LogP contribution in [-0.4, -0.2) is 57.1 Å². The number of phenols is 1. The van der Waals surface area contributed by atoms with Gasteiger partial charge in [-0.2, -0.15) is 5.10 Å². The number of thiophene rings is 1. The number of benzene rings is 2. The van der Waals surface area contributed by atoms with E-state index in [-0.39, 0.29) is 41.5 Å². The van der Waals surface area contributed by atoms with E-state index in [0.717, 1.165) is 26.1 Å². The monoisotopic (exact) mass is 838 g/mol. The molecule has 0 bridgehead atoms. The predicted molar refractivity (Wildman–Crippen MR) is 203 cm³/mol. The number of imide groups is 2. The molecular formula is C38H36ClIN4O6S. The lowest BCUT2D eigenvalue weighted by atomic mass is 9.51. The number of halogens is 2. The normalized spacial score (nSPS) is 27.3. The number of likely N-dealkylation sites (tertiary alicyclic amines) is 1. The van der Waals surface area contributed by atoms with Crippen molar-refractivity contribution >= 4 is 85.1 Å². The molecule has 4 aromatic rings. The Morgan fingerprint density at radius 1 is 1.10 bits per heavy atom. The minimum atomic E-state index is -1.25. The average molecular weight is 839 g/mol. The van der Waals surface area contributed by atoms with Gasteiger partial charge in [0, 0.05) is 35.3 Å². The smallest absolute Gasteiger partial charge is 0.242 e. The lowest BCUT2D eigenvalue weighted by molar-refractivity contribution is -0.140. The number of methoxy groups -OCH3 is 1. The standard InChI is InChI=1S/C38H36ClIN4O6S/c1-6-11-43-34(46)21-9-8-20-23(30(21)36(43)48)15-24-35(47)44(37(49)38(24,3)31(20)18-12-25(40)32(45)27(13-18)50-5)29-16-26(41-42(29)4)33-17(2)22-14-19(39)7-10-28(22)51-33/h7-8,10,12-14,16,21,23-24,30-31,45H,6,9,11,15H2,1-5H3. The van der Waals surface area contributed by atoms with Gasteiger partial charge in [0.05, 0.1) is 38.7 Å². The maximum atomic E-state index is 15.1. The van der Waals surface area contributed by atoms with Gasteiger partial charge >= 0.3 is 0 Å². The van der Waals surface area contributed by atoms with Crippen LogP contribution in [-0.2, 0) is 26.2 Å². The van der Waals surface area contributed by atoms with Gasteiger partial charge in [-0.25, -0.2) is 4.90 Å². The zero-order chi connectivity index (χ0) is 36.3. The number of nitrogens with zero attached hydrogens (tertiary/aromatic N) is 4. The number of rotatable bonds is 6. The van der Waals surface area contributed by atoms with Gasteiger partial charge in [-0.15, -0.1) is 11.3 Å². The first-order chi connectivity index (χ1) is 24.3. The number of aromatic hydroxyl groups is 1. The largest absolute Gasteiger partial charge is 0.504 e. The van der Waals surface area contributed by atoms with Gasteiger partial charge < -0.3 is 9.84 Å². The number of hydrogen-bond donors (Lipinski definition) is 1.